The van der Waals surface area contributed by atoms with E-state index in [0.29, 0.717) is 64.6 Å². The fourth-order valence-corrected chi connectivity index (χ4v) is 10.9. The molecular weight excluding hydrogens is 1230 g/mol. The number of amides is 6. The monoisotopic (exact) mass is 1330 g/mol. The Hall–Kier alpha value is -8.14. The van der Waals surface area contributed by atoms with E-state index in [2.05, 4.69) is 56.2 Å². The minimum atomic E-state index is -0.779. The Morgan fingerprint density at radius 2 is 0.809 bits per heavy atom. The van der Waals surface area contributed by atoms with Gasteiger partial charge in [0.25, 0.3) is 0 Å². The molecule has 1 aliphatic rings. The van der Waals surface area contributed by atoms with Gasteiger partial charge in [0, 0.05) is 53.8 Å². The lowest BCUT2D eigenvalue weighted by Gasteiger charge is -2.24. The highest BCUT2D eigenvalue weighted by Gasteiger charge is 2.31. The normalized spacial score (nSPS) is 12.2. The summed E-state index contributed by atoms with van der Waals surface area (Å²) in [5.74, 6) is 2.83. The molecule has 22 nitrogen and oxygen atoms in total. The molecule has 5 rings (SSSR count). The first-order valence-corrected chi connectivity index (χ1v) is 32.4. The van der Waals surface area contributed by atoms with E-state index >= 15 is 0 Å². The fraction of sp³-hybridized carbons (Fsp3) is 0.563. The summed E-state index contributed by atoms with van der Waals surface area (Å²) in [5, 5.41) is 16.3. The number of hydrogen-bond donors (Lipinski definition) is 6. The predicted octanol–water partition coefficient (Wildman–Crippen LogP) is 13.1. The minimum absolute atomic E-state index is 0.00899. The molecule has 4 aromatic rings. The van der Waals surface area contributed by atoms with Crippen molar-refractivity contribution in [3.8, 4) is 34.1 Å². The van der Waals surface area contributed by atoms with Gasteiger partial charge in [-0.05, 0) is 218 Å². The zero-order valence-corrected chi connectivity index (χ0v) is 59.9. The predicted molar refractivity (Wildman–Crippen MR) is 365 cm³/mol. The lowest BCUT2D eigenvalue weighted by molar-refractivity contribution is -0.124. The highest BCUT2D eigenvalue weighted by molar-refractivity contribution is 6.61. The largest absolute Gasteiger partial charge is 0.496 e. The van der Waals surface area contributed by atoms with E-state index in [9.17, 15) is 33.6 Å². The average molecular weight is 1330 g/mol. The van der Waals surface area contributed by atoms with E-state index in [1.807, 2.05) is 93.5 Å². The van der Waals surface area contributed by atoms with Crippen LogP contribution in [0.15, 0.2) is 48.5 Å². The number of methoxy groups -OCH3 is 4. The lowest BCUT2D eigenvalue weighted by atomic mass is 9.94. The van der Waals surface area contributed by atoms with Gasteiger partial charge in [-0.3, -0.25) is 9.59 Å². The summed E-state index contributed by atoms with van der Waals surface area (Å²) in [6, 6.07) is 14.6. The van der Waals surface area contributed by atoms with Crippen molar-refractivity contribution >= 4 is 53.2 Å². The molecule has 0 aliphatic heterocycles. The third-order valence-electron chi connectivity index (χ3n) is 15.1. The Morgan fingerprint density at radius 1 is 0.457 bits per heavy atom. The summed E-state index contributed by atoms with van der Waals surface area (Å²) in [6.07, 6.45) is 1.92. The number of alkyl carbamates (subject to hydrolysis) is 4. The maximum atomic E-state index is 12.5. The van der Waals surface area contributed by atoms with Gasteiger partial charge < -0.3 is 74.5 Å². The Balaban J connectivity index is 0.000000385. The van der Waals surface area contributed by atoms with Gasteiger partial charge >= 0.3 is 29.8 Å². The number of fused-ring (bicyclic) bond motifs is 3. The van der Waals surface area contributed by atoms with Crippen molar-refractivity contribution in [2.45, 2.75) is 203 Å². The number of carbonyl (C=O) groups is 7. The molecule has 1 aliphatic carbocycles. The molecule has 0 spiro atoms. The third-order valence-corrected chi connectivity index (χ3v) is 15.2. The first-order valence-electron chi connectivity index (χ1n) is 32.0. The van der Waals surface area contributed by atoms with Crippen LogP contribution in [0.2, 0.25) is 0 Å². The van der Waals surface area contributed by atoms with Crippen LogP contribution in [0.3, 0.4) is 0 Å². The molecule has 2 atom stereocenters. The average Bonchev–Trinajstić information content (AvgIpc) is 1.51. The van der Waals surface area contributed by atoms with Crippen LogP contribution in [0.5, 0.6) is 23.0 Å². The first kappa shape index (κ1) is 80.1. The molecule has 94 heavy (non-hydrogen) atoms. The molecule has 0 fully saturated rings. The highest BCUT2D eigenvalue weighted by atomic mass is 35.5. The van der Waals surface area contributed by atoms with Crippen LogP contribution in [0.4, 0.5) is 24.0 Å². The molecule has 0 aromatic heterocycles. The van der Waals surface area contributed by atoms with E-state index in [1.165, 1.54) is 11.1 Å². The molecule has 6 amide bonds. The van der Waals surface area contributed by atoms with Crippen LogP contribution in [0.1, 0.15) is 169 Å². The van der Waals surface area contributed by atoms with Crippen molar-refractivity contribution in [3.63, 3.8) is 0 Å². The number of rotatable bonds is 28. The molecule has 0 heterocycles. The quantitative estimate of drug-likeness (QED) is 0.0175. The fourth-order valence-electron chi connectivity index (χ4n) is 10.8. The topological polar surface area (TPSA) is 275 Å². The molecular formula is C71H105ClN6O16. The maximum Gasteiger partial charge on any atom is 0.408 e. The van der Waals surface area contributed by atoms with E-state index in [-0.39, 0.29) is 43.0 Å². The van der Waals surface area contributed by atoms with Gasteiger partial charge in [0.15, 0.2) is 0 Å². The summed E-state index contributed by atoms with van der Waals surface area (Å²) in [6.45, 7) is 31.3. The van der Waals surface area contributed by atoms with Crippen molar-refractivity contribution in [3.05, 3.63) is 104 Å². The smallest absolute Gasteiger partial charge is 0.408 e. The third kappa shape index (κ3) is 26.0. The van der Waals surface area contributed by atoms with Gasteiger partial charge in [0.1, 0.15) is 52.9 Å². The SMILES string of the molecule is CC(C)NC(=O)[C@H](CCCNC(=O)OCC1c2ccccc2-c2ccccc21)NC(=O)OC(C)(C)C.COc1c(C)c(C)c(OC)c(CCCOC(=O)Cl)c1C.COc1c(C)c(C)c(OC)c(CCCOC(=O)NCCC[C@H](NC(=O)OC(C)(C)C)C(=O)NC(C)C)c1C. The lowest BCUT2D eigenvalue weighted by Crippen LogP contribution is -2.49. The number of halogens is 1. The van der Waals surface area contributed by atoms with Gasteiger partial charge in [-0.15, -0.1) is 0 Å². The van der Waals surface area contributed by atoms with Gasteiger partial charge in [-0.1, -0.05) is 48.5 Å². The second-order valence-corrected chi connectivity index (χ2v) is 25.8. The van der Waals surface area contributed by atoms with Crippen molar-refractivity contribution in [1.82, 2.24) is 31.9 Å². The molecule has 0 unspecified atom stereocenters. The van der Waals surface area contributed by atoms with Crippen LogP contribution in [-0.2, 0) is 46.1 Å². The maximum absolute atomic E-state index is 12.5. The van der Waals surface area contributed by atoms with Crippen LogP contribution < -0.4 is 50.8 Å². The van der Waals surface area contributed by atoms with Gasteiger partial charge in [0.05, 0.1) is 41.7 Å². The van der Waals surface area contributed by atoms with E-state index < -0.39 is 53.1 Å². The molecule has 6 N–H and O–H groups in total. The Kier molecular flexibility index (Phi) is 33.1. The van der Waals surface area contributed by atoms with Crippen LogP contribution in [0.25, 0.3) is 11.1 Å². The first-order chi connectivity index (χ1) is 44.2. The molecule has 0 saturated heterocycles. The molecule has 522 valence electrons. The highest BCUT2D eigenvalue weighted by Crippen LogP contribution is 2.45. The van der Waals surface area contributed by atoms with Crippen LogP contribution in [-0.4, -0.2) is 138 Å². The zero-order chi connectivity index (χ0) is 70.6. The zero-order valence-electron chi connectivity index (χ0n) is 59.1. The van der Waals surface area contributed by atoms with Gasteiger partial charge in [-0.2, -0.15) is 0 Å². The molecule has 0 bridgehead atoms. The second kappa shape index (κ2) is 38.9. The second-order valence-electron chi connectivity index (χ2n) is 25.5. The van der Waals surface area contributed by atoms with Crippen molar-refractivity contribution in [1.29, 1.82) is 0 Å². The number of nitrogens with one attached hydrogen (secondary N) is 6. The van der Waals surface area contributed by atoms with E-state index in [1.54, 1.807) is 70.0 Å². The number of ether oxygens (including phenoxy) is 9. The Morgan fingerprint density at radius 3 is 1.16 bits per heavy atom. The number of carbonyl (C=O) groups excluding carboxylic acids is 7. The van der Waals surface area contributed by atoms with Crippen molar-refractivity contribution in [2.24, 2.45) is 0 Å². The molecule has 4 aromatic carbocycles. The summed E-state index contributed by atoms with van der Waals surface area (Å²) in [7, 11) is 6.64. The summed E-state index contributed by atoms with van der Waals surface area (Å²) in [4.78, 5) is 84.5. The molecule has 23 heteroatoms. The van der Waals surface area contributed by atoms with E-state index in [4.69, 9.17) is 54.2 Å². The summed E-state index contributed by atoms with van der Waals surface area (Å²) < 4.78 is 48.4. The van der Waals surface area contributed by atoms with Crippen LogP contribution >= 0.6 is 11.6 Å². The molecule has 0 saturated carbocycles. The van der Waals surface area contributed by atoms with Crippen molar-refractivity contribution in [2.75, 3.05) is 61.3 Å². The Labute approximate surface area is 562 Å². The minimum Gasteiger partial charge on any atom is -0.496 e. The summed E-state index contributed by atoms with van der Waals surface area (Å²) >= 11 is 5.14. The number of hydrogen-bond acceptors (Lipinski definition) is 16. The van der Waals surface area contributed by atoms with Gasteiger partial charge in [0.2, 0.25) is 11.8 Å². The summed E-state index contributed by atoms with van der Waals surface area (Å²) in [5.41, 5.74) is 11.0. The van der Waals surface area contributed by atoms with Gasteiger partial charge in [-0.25, -0.2) is 24.0 Å². The number of benzene rings is 4. The molecule has 0 radical (unpaired) electrons. The Bertz CT molecular complexity index is 3130. The van der Waals surface area contributed by atoms with E-state index in [0.717, 1.165) is 85.1 Å². The van der Waals surface area contributed by atoms with Crippen LogP contribution in [0, 0.1) is 41.5 Å². The standard InChI is InChI=1S/C28H47N3O7.C28H37N3O5.C15H21ClO4/c1-17(2)30-25(32)22(31-27(34)38-28(6,7)8)14-11-15-29-26(33)37-16-12-13-21-20(5)23(35-9)18(3)19(4)24(21)36-10;1-18(2)30-25(32)24(31-27(34)36-28(3,4)5)15-10-16-29-26(33)35-17-23-21-13-8-6-11-19(21)20-12-7-9-14-22(20)23;1-9-10(2)14(19-5)12(11(3)13(9)18-4)7-6-8-20-15(16)17/h17,22H,11-16H2,1-10H3,(H,29,33)(H,30,32)(H,31,34);6-9,11-14,18,23-24H,10,15-17H2,1-5H3,(H,29,33)(H,30,32)(H,31,34);6-8H2,1-5H3/t22-;24-;/m00./s1. The van der Waals surface area contributed by atoms with Crippen molar-refractivity contribution < 1.29 is 76.2 Å².